The number of hydrogen-bond donors (Lipinski definition) is 2. The predicted molar refractivity (Wildman–Crippen MR) is 252 cm³/mol. The molecule has 0 radical (unpaired) electrons. The Bertz CT molecular complexity index is 2410. The second-order valence-electron chi connectivity index (χ2n) is 19.9. The molecule has 0 unspecified atom stereocenters. The van der Waals surface area contributed by atoms with Crippen LogP contribution in [-0.4, -0.2) is 143 Å². The van der Waals surface area contributed by atoms with Gasteiger partial charge in [-0.1, -0.05) is 33.8 Å². The van der Waals surface area contributed by atoms with Gasteiger partial charge in [0.2, 0.25) is 5.91 Å². The maximum atomic E-state index is 14.8. The summed E-state index contributed by atoms with van der Waals surface area (Å²) in [5.74, 6) is -0.620. The SMILES string of the molecule is CCn1c(-c2cccnc2[C@H](C)OC)c2c3cc(ccc31)-c1csc(n1)C[C@H](NC(=O)[C@H](C(C)C)N(C)C(=O)N1CC[C@@H]3CN(C)C[C@@H]31)C(=O)N1CCC[C@](C=O)(COCC(C)(C)C2)N1. The van der Waals surface area contributed by atoms with Crippen molar-refractivity contribution >= 4 is 46.4 Å². The number of rotatable bonds is 9. The molecule has 4 aliphatic heterocycles. The normalized spacial score (nSPS) is 24.8. The molecule has 7 heterocycles. The van der Waals surface area contributed by atoms with Crippen LogP contribution in [0.3, 0.4) is 0 Å². The molecule has 16 heteroatoms. The highest BCUT2D eigenvalue weighted by molar-refractivity contribution is 7.10. The van der Waals surface area contributed by atoms with Gasteiger partial charge in [0.25, 0.3) is 5.91 Å². The number of nitrogens with zero attached hydrogens (tertiary/aromatic N) is 7. The van der Waals surface area contributed by atoms with E-state index in [9.17, 15) is 19.2 Å². The molecule has 3 saturated heterocycles. The fourth-order valence-electron chi connectivity index (χ4n) is 10.8. The minimum Gasteiger partial charge on any atom is -0.378 e. The first kappa shape index (κ1) is 46.8. The van der Waals surface area contributed by atoms with E-state index < -0.39 is 23.5 Å². The van der Waals surface area contributed by atoms with Gasteiger partial charge in [-0.15, -0.1) is 11.3 Å². The zero-order valence-electron chi connectivity index (χ0n) is 39.6. The summed E-state index contributed by atoms with van der Waals surface area (Å²) in [6, 6.07) is 8.63. The summed E-state index contributed by atoms with van der Waals surface area (Å²) in [6.07, 6.45) is 5.17. The van der Waals surface area contributed by atoms with Crippen molar-refractivity contribution in [2.75, 3.05) is 60.6 Å². The van der Waals surface area contributed by atoms with Gasteiger partial charge in [-0.3, -0.25) is 19.6 Å². The number of aryl methyl sites for hydroxylation is 1. The fourth-order valence-corrected chi connectivity index (χ4v) is 11.7. The Kier molecular flexibility index (Phi) is 13.6. The van der Waals surface area contributed by atoms with Gasteiger partial charge in [-0.25, -0.2) is 15.2 Å². The van der Waals surface area contributed by atoms with Crippen LogP contribution in [0.5, 0.6) is 0 Å². The fraction of sp³-hybridized carbons (Fsp3) is 0.592. The van der Waals surface area contributed by atoms with Crippen LogP contribution in [0.1, 0.15) is 83.2 Å². The minimum atomic E-state index is -1.16. The summed E-state index contributed by atoms with van der Waals surface area (Å²) >= 11 is 1.44. The zero-order chi connectivity index (χ0) is 46.4. The van der Waals surface area contributed by atoms with E-state index in [0.29, 0.717) is 49.9 Å². The number of carbonyl (C=O) groups is 4. The first-order valence-corrected chi connectivity index (χ1v) is 24.2. The van der Waals surface area contributed by atoms with Gasteiger partial charge < -0.3 is 38.9 Å². The lowest BCUT2D eigenvalue weighted by Crippen LogP contribution is -2.66. The van der Waals surface area contributed by atoms with E-state index in [1.54, 1.807) is 19.1 Å². The monoisotopic (exact) mass is 909 g/mol. The first-order valence-electron chi connectivity index (χ1n) is 23.3. The minimum absolute atomic E-state index is 0.0544. The number of methoxy groups -OCH3 is 1. The topological polar surface area (TPSA) is 154 Å². The molecule has 15 nitrogen and oxygen atoms in total. The number of pyridine rings is 1. The molecular weight excluding hydrogens is 843 g/mol. The van der Waals surface area contributed by atoms with Crippen LogP contribution < -0.4 is 10.7 Å². The third-order valence-electron chi connectivity index (χ3n) is 14.1. The Morgan fingerprint density at radius 1 is 1.15 bits per heavy atom. The molecule has 0 aliphatic carbocycles. The van der Waals surface area contributed by atoms with Crippen LogP contribution in [0.4, 0.5) is 4.79 Å². The van der Waals surface area contributed by atoms with Crippen molar-refractivity contribution in [2.45, 2.75) is 110 Å². The molecule has 350 valence electrons. The Labute approximate surface area is 387 Å². The van der Waals surface area contributed by atoms with E-state index >= 15 is 0 Å². The maximum Gasteiger partial charge on any atom is 0.320 e. The first-order chi connectivity index (χ1) is 31.1. The standard InChI is InChI=1S/C49H67N9O6S/c1-10-56-39-15-14-32-21-35(39)36(44(56)34-13-11-18-50-42(34)31(4)63-9)23-48(5,6)28-64-29-49(27-59)17-12-19-58(53-49)46(61)37(22-41-51-38(32)26-65-41)52-45(60)43(30(2)3)55(8)47(62)57-20-16-33-24-54(7)25-40(33)57/h11,13-15,18,21,26-27,30-31,33,37,40,43,53H,10,12,16-17,19-20,22-25,28-29H2,1-9H3,(H,52,60)/t31-,33+,37-,40-,43-,49-/m0/s1. The number of carbonyl (C=O) groups excluding carboxylic acids is 4. The van der Waals surface area contributed by atoms with Gasteiger partial charge in [-0.2, -0.15) is 0 Å². The molecule has 1 aromatic carbocycles. The lowest BCUT2D eigenvalue weighted by atomic mass is 9.84. The van der Waals surface area contributed by atoms with Crippen LogP contribution in [0, 0.1) is 17.3 Å². The third kappa shape index (κ3) is 9.21. The third-order valence-corrected chi connectivity index (χ3v) is 15.0. The number of aromatic nitrogens is 3. The molecule has 4 aliphatic rings. The van der Waals surface area contributed by atoms with Gasteiger partial charge in [0.15, 0.2) is 0 Å². The summed E-state index contributed by atoms with van der Waals surface area (Å²) in [4.78, 5) is 72.3. The number of amides is 4. The van der Waals surface area contributed by atoms with Crippen LogP contribution in [0.25, 0.3) is 33.4 Å². The second kappa shape index (κ2) is 18.9. The molecule has 4 aromatic rings. The van der Waals surface area contributed by atoms with Crippen LogP contribution >= 0.6 is 11.3 Å². The molecule has 2 N–H and O–H groups in total. The number of benzene rings is 1. The van der Waals surface area contributed by atoms with Crippen LogP contribution in [-0.2, 0) is 43.2 Å². The predicted octanol–water partition coefficient (Wildman–Crippen LogP) is 5.96. The van der Waals surface area contributed by atoms with E-state index in [-0.39, 0.29) is 48.4 Å². The number of aldehydes is 1. The zero-order valence-corrected chi connectivity index (χ0v) is 40.4. The van der Waals surface area contributed by atoms with E-state index in [0.717, 1.165) is 77.0 Å². The Morgan fingerprint density at radius 3 is 2.69 bits per heavy atom. The van der Waals surface area contributed by atoms with Gasteiger partial charge in [0.05, 0.1) is 47.4 Å². The largest absolute Gasteiger partial charge is 0.378 e. The summed E-state index contributed by atoms with van der Waals surface area (Å²) < 4.78 is 14.7. The van der Waals surface area contributed by atoms with Gasteiger partial charge >= 0.3 is 6.03 Å². The number of likely N-dealkylation sites (N-methyl/N-ethyl adjacent to an activating group) is 2. The highest BCUT2D eigenvalue weighted by Crippen LogP contribution is 2.42. The number of fused-ring (bicyclic) bond motifs is 7. The van der Waals surface area contributed by atoms with Crippen molar-refractivity contribution < 1.29 is 28.7 Å². The summed E-state index contributed by atoms with van der Waals surface area (Å²) in [5, 5.41) is 8.35. The van der Waals surface area contributed by atoms with Crippen LogP contribution in [0.15, 0.2) is 41.9 Å². The Morgan fingerprint density at radius 2 is 1.95 bits per heavy atom. The molecule has 3 fully saturated rings. The number of likely N-dealkylation sites (tertiary alicyclic amines) is 2. The van der Waals surface area contributed by atoms with Crippen molar-refractivity contribution in [1.29, 1.82) is 0 Å². The molecule has 0 saturated carbocycles. The van der Waals surface area contributed by atoms with Gasteiger partial charge in [0.1, 0.15) is 23.9 Å². The van der Waals surface area contributed by atoms with Crippen molar-refractivity contribution in [3.8, 4) is 22.5 Å². The van der Waals surface area contributed by atoms with E-state index in [2.05, 4.69) is 72.3 Å². The molecular formula is C49H67N9O6S. The van der Waals surface area contributed by atoms with E-state index in [1.807, 2.05) is 43.3 Å². The van der Waals surface area contributed by atoms with E-state index in [4.69, 9.17) is 19.4 Å². The highest BCUT2D eigenvalue weighted by atomic mass is 32.1. The molecule has 0 spiro atoms. The molecule has 3 aromatic heterocycles. The number of hydrazine groups is 1. The molecule has 6 bridgehead atoms. The maximum absolute atomic E-state index is 14.8. The summed E-state index contributed by atoms with van der Waals surface area (Å²) in [5.41, 5.74) is 8.63. The quantitative estimate of drug-likeness (QED) is 0.193. The number of urea groups is 1. The second-order valence-corrected chi connectivity index (χ2v) is 20.9. The molecule has 6 atom stereocenters. The summed E-state index contributed by atoms with van der Waals surface area (Å²) in [6.45, 7) is 16.3. The van der Waals surface area contributed by atoms with E-state index in [1.165, 1.54) is 16.3 Å². The van der Waals surface area contributed by atoms with Crippen molar-refractivity contribution in [3.63, 3.8) is 0 Å². The number of thiazole rings is 1. The van der Waals surface area contributed by atoms with Crippen LogP contribution in [0.2, 0.25) is 0 Å². The van der Waals surface area contributed by atoms with Gasteiger partial charge in [0, 0.05) is 86.9 Å². The average molecular weight is 910 g/mol. The smallest absolute Gasteiger partial charge is 0.320 e. The van der Waals surface area contributed by atoms with Crippen molar-refractivity contribution in [3.05, 3.63) is 58.2 Å². The molecule has 65 heavy (non-hydrogen) atoms. The number of nitrogens with one attached hydrogen (secondary N) is 2. The lowest BCUT2D eigenvalue weighted by Gasteiger charge is -2.42. The number of ether oxygens (including phenoxy) is 2. The Balaban J connectivity index is 1.18. The van der Waals surface area contributed by atoms with Crippen molar-refractivity contribution in [2.24, 2.45) is 17.3 Å². The summed E-state index contributed by atoms with van der Waals surface area (Å²) in [7, 11) is 5.48. The Hall–Kier alpha value is -4.74. The van der Waals surface area contributed by atoms with Crippen molar-refractivity contribution in [1.82, 2.24) is 45.0 Å². The highest BCUT2D eigenvalue weighted by Gasteiger charge is 2.46. The average Bonchev–Trinajstić information content (AvgIpc) is 4.07. The molecule has 8 rings (SSSR count). The van der Waals surface area contributed by atoms with Gasteiger partial charge in [-0.05, 0) is 93.7 Å². The lowest BCUT2D eigenvalue weighted by molar-refractivity contribution is -0.147. The molecule has 4 amide bonds. The number of hydrogen-bond acceptors (Lipinski definition) is 11.